The lowest BCUT2D eigenvalue weighted by molar-refractivity contribution is -0.141. The van der Waals surface area contributed by atoms with Gasteiger partial charge in [0.05, 0.1) is 7.11 Å². The first-order chi connectivity index (χ1) is 19.6. The van der Waals surface area contributed by atoms with Gasteiger partial charge >= 0.3 is 12.0 Å². The molecule has 8 nitrogen and oxygen atoms in total. The third kappa shape index (κ3) is 6.87. The number of aryl methyl sites for hydroxylation is 1. The molecule has 15 heteroatoms. The van der Waals surface area contributed by atoms with Crippen molar-refractivity contribution in [2.45, 2.75) is 37.5 Å². The van der Waals surface area contributed by atoms with Gasteiger partial charge in [0.2, 0.25) is 5.91 Å². The van der Waals surface area contributed by atoms with Gasteiger partial charge in [-0.05, 0) is 69.8 Å². The summed E-state index contributed by atoms with van der Waals surface area (Å²) in [5.74, 6) is -7.16. The Morgan fingerprint density at radius 1 is 1.07 bits per heavy atom. The number of nitrogens with one attached hydrogen (secondary N) is 1. The largest absolute Gasteiger partial charge is 0.497 e. The summed E-state index contributed by atoms with van der Waals surface area (Å²) in [5, 5.41) is 2.51. The molecule has 0 saturated carbocycles. The molecule has 2 aromatic carbocycles. The second-order valence-electron chi connectivity index (χ2n) is 9.48. The van der Waals surface area contributed by atoms with Gasteiger partial charge in [0.25, 0.3) is 11.5 Å². The monoisotopic (exact) mass is 615 g/mol. The number of benzene rings is 2. The van der Waals surface area contributed by atoms with Crippen LogP contribution in [0.4, 0.5) is 32.0 Å². The molecular formula is C27H24F6N3O5P. The first kappa shape index (κ1) is 30.9. The van der Waals surface area contributed by atoms with E-state index in [1.807, 2.05) is 0 Å². The zero-order valence-corrected chi connectivity index (χ0v) is 23.2. The molecule has 224 valence electrons. The molecule has 0 bridgehead atoms. The van der Waals surface area contributed by atoms with Crippen molar-refractivity contribution < 1.29 is 45.4 Å². The number of carbonyl (C=O) groups excluding carboxylic acids is 2. The average Bonchev–Trinajstić information content (AvgIpc) is 3.18. The molecule has 1 aromatic heterocycles. The standard InChI is InChI=1S/C27H24F6N3O5P/c1-14-10-17(40-2)11-19(28)21(14)18-12-36(20-4-3-9-35(24(20)38)13-26(29,30)31)25(39)22(18)34-23(37)15-5-7-16(8-6-15)41-27(32,33)42/h3-11,18,22H,12-13,42H2,1-2H3,(H,34,37)/t18-,22-/m0/s1. The first-order valence-electron chi connectivity index (χ1n) is 12.3. The van der Waals surface area contributed by atoms with E-state index >= 15 is 4.39 Å². The van der Waals surface area contributed by atoms with E-state index in [4.69, 9.17) is 4.74 Å². The predicted molar refractivity (Wildman–Crippen MR) is 143 cm³/mol. The quantitative estimate of drug-likeness (QED) is 0.296. The number of halogens is 6. The minimum absolute atomic E-state index is 0.0231. The Kier molecular flexibility index (Phi) is 8.58. The minimum Gasteiger partial charge on any atom is -0.497 e. The summed E-state index contributed by atoms with van der Waals surface area (Å²) >= 11 is 0. The summed E-state index contributed by atoms with van der Waals surface area (Å²) in [5.41, 5.74) is -1.18. The third-order valence-electron chi connectivity index (χ3n) is 6.53. The third-order valence-corrected chi connectivity index (χ3v) is 6.65. The van der Waals surface area contributed by atoms with Gasteiger partial charge in [-0.2, -0.15) is 22.0 Å². The van der Waals surface area contributed by atoms with Crippen LogP contribution >= 0.6 is 9.24 Å². The van der Waals surface area contributed by atoms with Crippen molar-refractivity contribution in [3.8, 4) is 11.5 Å². The smallest absolute Gasteiger partial charge is 0.408 e. The summed E-state index contributed by atoms with van der Waals surface area (Å²) in [6, 6.07) is 7.99. The first-order valence-corrected chi connectivity index (χ1v) is 12.8. The van der Waals surface area contributed by atoms with Crippen LogP contribution in [0, 0.1) is 12.7 Å². The van der Waals surface area contributed by atoms with Gasteiger partial charge in [0, 0.05) is 30.3 Å². The Hall–Kier alpha value is -4.06. The van der Waals surface area contributed by atoms with E-state index in [1.54, 1.807) is 6.92 Å². The maximum Gasteiger partial charge on any atom is 0.408 e. The highest BCUT2D eigenvalue weighted by molar-refractivity contribution is 7.17. The molecule has 1 fully saturated rings. The van der Waals surface area contributed by atoms with Crippen LogP contribution in [-0.2, 0) is 11.3 Å². The molecule has 2 amide bonds. The number of hydrogen-bond acceptors (Lipinski definition) is 5. The van der Waals surface area contributed by atoms with Crippen LogP contribution in [0.1, 0.15) is 27.4 Å². The zero-order chi connectivity index (χ0) is 31.0. The summed E-state index contributed by atoms with van der Waals surface area (Å²) in [6.07, 6.45) is -3.79. The van der Waals surface area contributed by atoms with E-state index in [0.717, 1.165) is 41.4 Å². The maximum absolute atomic E-state index is 15.4. The van der Waals surface area contributed by atoms with Gasteiger partial charge in [0.1, 0.15) is 35.6 Å². The molecule has 1 saturated heterocycles. The highest BCUT2D eigenvalue weighted by atomic mass is 31.0. The van der Waals surface area contributed by atoms with Gasteiger partial charge in [-0.3, -0.25) is 14.4 Å². The Labute approximate surface area is 237 Å². The number of nitrogens with zero attached hydrogens (tertiary/aromatic N) is 2. The van der Waals surface area contributed by atoms with Gasteiger partial charge < -0.3 is 24.3 Å². The second-order valence-corrected chi connectivity index (χ2v) is 10.1. The highest BCUT2D eigenvalue weighted by Crippen LogP contribution is 2.36. The summed E-state index contributed by atoms with van der Waals surface area (Å²) in [7, 11) is 2.53. The van der Waals surface area contributed by atoms with Crippen LogP contribution in [-0.4, -0.2) is 48.1 Å². The number of alkyl halides is 5. The molecule has 42 heavy (non-hydrogen) atoms. The number of ether oxygens (including phenoxy) is 2. The van der Waals surface area contributed by atoms with Gasteiger partial charge in [-0.15, -0.1) is 0 Å². The van der Waals surface area contributed by atoms with Crippen molar-refractivity contribution in [1.82, 2.24) is 9.88 Å². The lowest BCUT2D eigenvalue weighted by atomic mass is 9.89. The molecule has 0 spiro atoms. The van der Waals surface area contributed by atoms with Gasteiger partial charge in [-0.25, -0.2) is 4.39 Å². The van der Waals surface area contributed by atoms with Crippen LogP contribution in [0.25, 0.3) is 0 Å². The number of carbonyl (C=O) groups is 2. The van der Waals surface area contributed by atoms with Gasteiger partial charge in [0.15, 0.2) is 0 Å². The topological polar surface area (TPSA) is 89.9 Å². The molecule has 0 radical (unpaired) electrons. The van der Waals surface area contributed by atoms with Crippen molar-refractivity contribution in [1.29, 1.82) is 0 Å². The second kappa shape index (κ2) is 11.7. The molecule has 1 unspecified atom stereocenters. The Bertz CT molecular complexity index is 1530. The Morgan fingerprint density at radius 2 is 1.74 bits per heavy atom. The zero-order valence-electron chi connectivity index (χ0n) is 22.0. The molecule has 1 N–H and O–H groups in total. The summed E-state index contributed by atoms with van der Waals surface area (Å²) < 4.78 is 90.5. The lowest BCUT2D eigenvalue weighted by Gasteiger charge is -2.21. The van der Waals surface area contributed by atoms with Crippen molar-refractivity contribution in [2.24, 2.45) is 0 Å². The molecule has 3 aromatic rings. The van der Waals surface area contributed by atoms with Gasteiger partial charge in [-0.1, -0.05) is 0 Å². The van der Waals surface area contributed by atoms with Crippen LogP contribution < -0.4 is 25.2 Å². The number of methoxy groups -OCH3 is 1. The molecule has 4 rings (SSSR count). The highest BCUT2D eigenvalue weighted by Gasteiger charge is 2.45. The number of amides is 2. The van der Waals surface area contributed by atoms with E-state index < -0.39 is 53.7 Å². The molecule has 3 atom stereocenters. The van der Waals surface area contributed by atoms with E-state index in [1.165, 1.54) is 34.5 Å². The van der Waals surface area contributed by atoms with E-state index in [2.05, 4.69) is 10.1 Å². The minimum atomic E-state index is -4.72. The van der Waals surface area contributed by atoms with E-state index in [-0.39, 0.29) is 34.9 Å². The molecule has 2 heterocycles. The van der Waals surface area contributed by atoms with Crippen LogP contribution in [0.3, 0.4) is 0 Å². The number of hydrogen-bond donors (Lipinski definition) is 1. The normalized spacial score (nSPS) is 17.4. The lowest BCUT2D eigenvalue weighted by Crippen LogP contribution is -2.44. The predicted octanol–water partition coefficient (Wildman–Crippen LogP) is 4.60. The number of rotatable bonds is 8. The molecular weight excluding hydrogens is 591 g/mol. The maximum atomic E-state index is 15.4. The fraction of sp³-hybridized carbons (Fsp3) is 0.296. The Morgan fingerprint density at radius 3 is 2.31 bits per heavy atom. The van der Waals surface area contributed by atoms with Crippen molar-refractivity contribution >= 4 is 26.7 Å². The average molecular weight is 615 g/mol. The van der Waals surface area contributed by atoms with Crippen molar-refractivity contribution in [2.75, 3.05) is 18.6 Å². The fourth-order valence-electron chi connectivity index (χ4n) is 4.78. The molecule has 0 aliphatic carbocycles. The fourth-order valence-corrected chi connectivity index (χ4v) is 4.92. The van der Waals surface area contributed by atoms with Crippen LogP contribution in [0.5, 0.6) is 11.5 Å². The van der Waals surface area contributed by atoms with Crippen molar-refractivity contribution in [3.05, 3.63) is 87.6 Å². The van der Waals surface area contributed by atoms with Crippen LogP contribution in [0.2, 0.25) is 0 Å². The summed E-state index contributed by atoms with van der Waals surface area (Å²) in [4.78, 5) is 40.6. The molecule has 1 aliphatic heterocycles. The summed E-state index contributed by atoms with van der Waals surface area (Å²) in [6.45, 7) is -0.401. The molecule has 1 aliphatic rings. The SMILES string of the molecule is COc1cc(C)c([C@@H]2CN(c3cccn(CC(F)(F)F)c3=O)C(=O)[C@H]2NC(=O)c2ccc(OC(F)(F)P)cc2)c(F)c1. The Balaban J connectivity index is 1.72. The van der Waals surface area contributed by atoms with E-state index in [9.17, 15) is 36.3 Å². The van der Waals surface area contributed by atoms with Crippen molar-refractivity contribution in [3.63, 3.8) is 0 Å². The number of anilines is 1. The van der Waals surface area contributed by atoms with Crippen LogP contribution in [0.15, 0.2) is 59.5 Å². The number of aromatic nitrogens is 1. The number of pyridine rings is 1. The van der Waals surface area contributed by atoms with E-state index in [0.29, 0.717) is 10.1 Å².